The molecule has 26 heavy (non-hydrogen) atoms. The second kappa shape index (κ2) is 16.6. The van der Waals surface area contributed by atoms with Crippen LogP contribution in [0.4, 0.5) is 0 Å². The van der Waals surface area contributed by atoms with Gasteiger partial charge in [-0.05, 0) is 0 Å². The third-order valence-electron chi connectivity index (χ3n) is 4.88. The molecule has 2 aliphatic rings. The molecule has 2 aliphatic carbocycles. The maximum Gasteiger partial charge on any atom is 0.0135 e. The number of hydrogen-bond donors (Lipinski definition) is 0. The Labute approximate surface area is 189 Å². The van der Waals surface area contributed by atoms with E-state index in [1.165, 1.54) is 38.5 Å². The average molecular weight is 495 g/mol. The van der Waals surface area contributed by atoms with Crippen LogP contribution >= 0.6 is 24.8 Å². The summed E-state index contributed by atoms with van der Waals surface area (Å²) in [5.41, 5.74) is 6.71. The van der Waals surface area contributed by atoms with Gasteiger partial charge in [0, 0.05) is 9.52 Å². The molecule has 150 valence electrons. The molecular weight excluding hydrogens is 454 g/mol. The fourth-order valence-electron chi connectivity index (χ4n) is 3.23. The van der Waals surface area contributed by atoms with Gasteiger partial charge in [0.2, 0.25) is 0 Å². The van der Waals surface area contributed by atoms with Crippen molar-refractivity contribution in [1.29, 1.82) is 0 Å². The van der Waals surface area contributed by atoms with Crippen LogP contribution in [-0.2, 0) is 23.2 Å². The van der Waals surface area contributed by atoms with Gasteiger partial charge in [-0.1, -0.05) is 13.1 Å². The molecule has 4 heteroatoms. The minimum Gasteiger partial charge on any atom is -0.147 e. The predicted molar refractivity (Wildman–Crippen MR) is 125 cm³/mol. The summed E-state index contributed by atoms with van der Waals surface area (Å²) in [5, 5.41) is 0. The molecule has 0 nitrogen and oxygen atoms in total. The molecule has 0 saturated carbocycles. The quantitative estimate of drug-likeness (QED) is 0.301. The Kier molecular flexibility index (Phi) is 18.4. The van der Waals surface area contributed by atoms with Crippen molar-refractivity contribution in [3.05, 3.63) is 46.6 Å². The smallest absolute Gasteiger partial charge is 0.0135 e. The van der Waals surface area contributed by atoms with Crippen molar-refractivity contribution >= 4 is 34.3 Å². The van der Waals surface area contributed by atoms with Crippen LogP contribution in [0.5, 0.6) is 0 Å². The zero-order chi connectivity index (χ0) is 17.9. The third-order valence-corrected chi connectivity index (χ3v) is 9.72. The van der Waals surface area contributed by atoms with E-state index in [9.17, 15) is 0 Å². The van der Waals surface area contributed by atoms with Gasteiger partial charge in [0.1, 0.15) is 0 Å². The second-order valence-electron chi connectivity index (χ2n) is 7.17. The standard InChI is InChI=1S/2C10H15.C2H8Si.2ClH.Zr/c2*1-3-4-7-10-8-5-6-9(10)2;1-3-2;;;/h2*5-6,8H,3-4,7H2,1-2H3;3H2,1-2H3;2*1H;. The van der Waals surface area contributed by atoms with Crippen molar-refractivity contribution in [1.82, 2.24) is 0 Å². The summed E-state index contributed by atoms with van der Waals surface area (Å²) >= 11 is -0.445. The van der Waals surface area contributed by atoms with E-state index in [4.69, 9.17) is 0 Å². The van der Waals surface area contributed by atoms with Crippen molar-refractivity contribution in [3.63, 3.8) is 0 Å². The van der Waals surface area contributed by atoms with Crippen LogP contribution in [-0.4, -0.2) is 9.52 Å². The fourth-order valence-corrected chi connectivity index (χ4v) is 7.34. The first-order chi connectivity index (χ1) is 11.6. The van der Waals surface area contributed by atoms with Crippen LogP contribution in [0.3, 0.4) is 0 Å². The van der Waals surface area contributed by atoms with Crippen LogP contribution in [0.1, 0.15) is 66.2 Å². The normalized spacial score (nSPS) is 20.5. The topological polar surface area (TPSA) is 0 Å². The summed E-state index contributed by atoms with van der Waals surface area (Å²) in [6.07, 6.45) is 17.8. The maximum atomic E-state index is 2.53. The van der Waals surface area contributed by atoms with Crippen LogP contribution in [0, 0.1) is 0 Å². The van der Waals surface area contributed by atoms with Crippen molar-refractivity contribution in [2.45, 2.75) is 86.6 Å². The van der Waals surface area contributed by atoms with E-state index in [1.807, 2.05) is 0 Å². The predicted octanol–water partition coefficient (Wildman–Crippen LogP) is 7.89. The van der Waals surface area contributed by atoms with Gasteiger partial charge < -0.3 is 0 Å². The Morgan fingerprint density at radius 1 is 0.808 bits per heavy atom. The third kappa shape index (κ3) is 9.22. The molecular formula is C22H40Cl2SiZr. The van der Waals surface area contributed by atoms with Crippen LogP contribution in [0.25, 0.3) is 0 Å². The maximum absolute atomic E-state index is 2.53. The van der Waals surface area contributed by atoms with Crippen molar-refractivity contribution in [2.75, 3.05) is 0 Å². The molecule has 0 radical (unpaired) electrons. The molecule has 0 aromatic rings. The largest absolute Gasteiger partial charge is 0.147 e. The van der Waals surface area contributed by atoms with Gasteiger partial charge in [0.25, 0.3) is 0 Å². The summed E-state index contributed by atoms with van der Waals surface area (Å²) in [6, 6.07) is 0. The SMILES string of the molecule is CCCCC1=C(C)[CH]([Zr][CH]2C=CC(CCCC)=C2C)C=C1.C[SiH2]C.Cl.Cl. The van der Waals surface area contributed by atoms with Crippen LogP contribution in [0.15, 0.2) is 46.6 Å². The Hall–Kier alpha value is 0.640. The molecule has 2 rings (SSSR count). The molecule has 2 atom stereocenters. The van der Waals surface area contributed by atoms with Crippen molar-refractivity contribution < 1.29 is 23.2 Å². The summed E-state index contributed by atoms with van der Waals surface area (Å²) in [6.45, 7) is 13.9. The van der Waals surface area contributed by atoms with E-state index in [0.717, 1.165) is 7.25 Å². The molecule has 0 spiro atoms. The van der Waals surface area contributed by atoms with E-state index in [1.54, 1.807) is 22.3 Å². The minimum atomic E-state index is -0.445. The van der Waals surface area contributed by atoms with Gasteiger partial charge in [0.05, 0.1) is 0 Å². The molecule has 2 unspecified atom stereocenters. The zero-order valence-electron chi connectivity index (χ0n) is 17.7. The first kappa shape index (κ1) is 28.8. The molecule has 0 aromatic carbocycles. The van der Waals surface area contributed by atoms with E-state index in [-0.39, 0.29) is 24.8 Å². The van der Waals surface area contributed by atoms with E-state index in [2.05, 4.69) is 65.1 Å². The van der Waals surface area contributed by atoms with Crippen molar-refractivity contribution in [3.8, 4) is 0 Å². The number of halogens is 2. The Balaban J connectivity index is 0. The number of allylic oxidation sites excluding steroid dienone is 8. The average Bonchev–Trinajstić information content (AvgIpc) is 3.09. The first-order valence-corrected chi connectivity index (χ1v) is 15.8. The van der Waals surface area contributed by atoms with E-state index < -0.39 is 23.2 Å². The van der Waals surface area contributed by atoms with Crippen molar-refractivity contribution in [2.24, 2.45) is 0 Å². The zero-order valence-corrected chi connectivity index (χ0v) is 23.2. The minimum absolute atomic E-state index is 0. The van der Waals surface area contributed by atoms with Gasteiger partial charge in [-0.2, -0.15) is 0 Å². The van der Waals surface area contributed by atoms with Gasteiger partial charge in [-0.25, -0.2) is 0 Å². The molecule has 0 bridgehead atoms. The molecule has 0 fully saturated rings. The number of hydrogen-bond acceptors (Lipinski definition) is 0. The molecule has 0 heterocycles. The monoisotopic (exact) mass is 492 g/mol. The fraction of sp³-hybridized carbons (Fsp3) is 0.636. The van der Waals surface area contributed by atoms with Crippen LogP contribution < -0.4 is 0 Å². The first-order valence-electron chi connectivity index (χ1n) is 10.1. The van der Waals surface area contributed by atoms with E-state index >= 15 is 0 Å². The van der Waals surface area contributed by atoms with Gasteiger partial charge in [0.15, 0.2) is 0 Å². The number of rotatable bonds is 8. The van der Waals surface area contributed by atoms with E-state index in [0.29, 0.717) is 9.52 Å². The molecule has 0 saturated heterocycles. The summed E-state index contributed by atoms with van der Waals surface area (Å²) in [5.74, 6) is 0. The number of unbranched alkanes of at least 4 members (excludes halogenated alkanes) is 2. The van der Waals surface area contributed by atoms with Gasteiger partial charge in [-0.15, -0.1) is 24.8 Å². The molecule has 0 N–H and O–H groups in total. The summed E-state index contributed by atoms with van der Waals surface area (Å²) in [4.78, 5) is 0. The Morgan fingerprint density at radius 2 is 1.15 bits per heavy atom. The Morgan fingerprint density at radius 3 is 1.46 bits per heavy atom. The summed E-state index contributed by atoms with van der Waals surface area (Å²) < 4.78 is 1.69. The summed E-state index contributed by atoms with van der Waals surface area (Å²) in [7, 11) is 0.417. The molecule has 0 amide bonds. The Bertz CT molecular complexity index is 462. The van der Waals surface area contributed by atoms with Crippen LogP contribution in [0.2, 0.25) is 20.3 Å². The molecule has 0 aliphatic heterocycles. The molecule has 0 aromatic heterocycles. The second-order valence-corrected chi connectivity index (χ2v) is 12.5. The van der Waals surface area contributed by atoms with Gasteiger partial charge in [-0.3, -0.25) is 0 Å². The van der Waals surface area contributed by atoms with Gasteiger partial charge >= 0.3 is 143 Å².